The van der Waals surface area contributed by atoms with Crippen LogP contribution in [0.2, 0.25) is 0 Å². The Balaban J connectivity index is 1.91. The van der Waals surface area contributed by atoms with Gasteiger partial charge in [-0.1, -0.05) is 74.5 Å². The standard InChI is InChI=1S/C31H37FN2O3/c1-22(2)24-15-17-26(18-16-24)37-21-29(35)34(20-25-13-9-10-14-27(25)32)28(30(36)33-31(3,4)5)19-23-11-7-6-8-12-23/h6-18,22,28H,19-21H2,1-5H3,(H,33,36)/t28-/m0/s1. The number of rotatable bonds is 10. The summed E-state index contributed by atoms with van der Waals surface area (Å²) < 4.78 is 20.5. The van der Waals surface area contributed by atoms with Gasteiger partial charge in [-0.15, -0.1) is 0 Å². The van der Waals surface area contributed by atoms with Gasteiger partial charge in [0, 0.05) is 24.1 Å². The average Bonchev–Trinajstić information content (AvgIpc) is 2.85. The highest BCUT2D eigenvalue weighted by molar-refractivity contribution is 5.89. The Morgan fingerprint density at radius 2 is 1.54 bits per heavy atom. The highest BCUT2D eigenvalue weighted by Crippen LogP contribution is 2.20. The number of ether oxygens (including phenoxy) is 1. The fraction of sp³-hybridized carbons (Fsp3) is 0.355. The molecular formula is C31H37FN2O3. The lowest BCUT2D eigenvalue weighted by molar-refractivity contribution is -0.143. The van der Waals surface area contributed by atoms with Crippen molar-refractivity contribution >= 4 is 11.8 Å². The Labute approximate surface area is 219 Å². The molecule has 0 aliphatic carbocycles. The zero-order valence-electron chi connectivity index (χ0n) is 22.3. The highest BCUT2D eigenvalue weighted by Gasteiger charge is 2.33. The Bertz CT molecular complexity index is 1170. The predicted molar refractivity (Wildman–Crippen MR) is 145 cm³/mol. The van der Waals surface area contributed by atoms with Crippen molar-refractivity contribution in [2.45, 2.75) is 65.1 Å². The molecule has 0 bridgehead atoms. The molecule has 3 aromatic carbocycles. The van der Waals surface area contributed by atoms with Gasteiger partial charge in [-0.05, 0) is 56.0 Å². The maximum absolute atomic E-state index is 14.7. The molecular weight excluding hydrogens is 467 g/mol. The SMILES string of the molecule is CC(C)c1ccc(OCC(=O)N(Cc2ccccc2F)[C@@H](Cc2ccccc2)C(=O)NC(C)(C)C)cc1. The second kappa shape index (κ2) is 12.5. The van der Waals surface area contributed by atoms with Crippen LogP contribution in [-0.4, -0.2) is 34.9 Å². The first-order valence-electron chi connectivity index (χ1n) is 12.6. The van der Waals surface area contributed by atoms with Gasteiger partial charge < -0.3 is 15.0 Å². The van der Waals surface area contributed by atoms with E-state index in [2.05, 4.69) is 19.2 Å². The minimum absolute atomic E-state index is 0.0593. The van der Waals surface area contributed by atoms with Crippen LogP contribution in [-0.2, 0) is 22.6 Å². The zero-order chi connectivity index (χ0) is 27.0. The van der Waals surface area contributed by atoms with Crippen LogP contribution in [0.4, 0.5) is 4.39 Å². The molecule has 0 aliphatic rings. The van der Waals surface area contributed by atoms with Crippen LogP contribution < -0.4 is 10.1 Å². The fourth-order valence-electron chi connectivity index (χ4n) is 3.99. The first kappa shape index (κ1) is 27.9. The number of hydrogen-bond acceptors (Lipinski definition) is 3. The van der Waals surface area contributed by atoms with Gasteiger partial charge in [-0.2, -0.15) is 0 Å². The third-order valence-electron chi connectivity index (χ3n) is 5.98. The molecule has 0 saturated heterocycles. The van der Waals surface area contributed by atoms with Crippen LogP contribution >= 0.6 is 0 Å². The van der Waals surface area contributed by atoms with Gasteiger partial charge in [0.25, 0.3) is 5.91 Å². The van der Waals surface area contributed by atoms with Crippen LogP contribution in [0.25, 0.3) is 0 Å². The molecule has 3 rings (SSSR count). The molecule has 0 aromatic heterocycles. The van der Waals surface area contributed by atoms with Crippen molar-refractivity contribution < 1.29 is 18.7 Å². The first-order chi connectivity index (χ1) is 17.5. The number of hydrogen-bond donors (Lipinski definition) is 1. The van der Waals surface area contributed by atoms with E-state index in [1.165, 1.54) is 16.5 Å². The second-order valence-electron chi connectivity index (χ2n) is 10.6. The molecule has 0 heterocycles. The molecule has 196 valence electrons. The minimum Gasteiger partial charge on any atom is -0.484 e. The molecule has 6 heteroatoms. The molecule has 1 N–H and O–H groups in total. The van der Waals surface area contributed by atoms with Crippen molar-refractivity contribution in [3.63, 3.8) is 0 Å². The Hall–Kier alpha value is -3.67. The van der Waals surface area contributed by atoms with Gasteiger partial charge in [-0.25, -0.2) is 4.39 Å². The Morgan fingerprint density at radius 3 is 2.14 bits per heavy atom. The third-order valence-corrected chi connectivity index (χ3v) is 5.98. The average molecular weight is 505 g/mol. The van der Waals surface area contributed by atoms with Crippen molar-refractivity contribution in [2.24, 2.45) is 0 Å². The molecule has 0 unspecified atom stereocenters. The molecule has 0 radical (unpaired) electrons. The van der Waals surface area contributed by atoms with Crippen molar-refractivity contribution in [3.05, 3.63) is 101 Å². The number of halogens is 1. The molecule has 0 fully saturated rings. The van der Waals surface area contributed by atoms with E-state index in [1.807, 2.05) is 75.4 Å². The lowest BCUT2D eigenvalue weighted by atomic mass is 10.0. The van der Waals surface area contributed by atoms with E-state index < -0.39 is 23.3 Å². The summed E-state index contributed by atoms with van der Waals surface area (Å²) in [5, 5.41) is 3.00. The van der Waals surface area contributed by atoms with E-state index >= 15 is 0 Å². The van der Waals surface area contributed by atoms with E-state index in [0.717, 1.165) is 5.56 Å². The molecule has 37 heavy (non-hydrogen) atoms. The Kier molecular flexibility index (Phi) is 9.45. The summed E-state index contributed by atoms with van der Waals surface area (Å²) in [7, 11) is 0. The second-order valence-corrected chi connectivity index (χ2v) is 10.6. The van der Waals surface area contributed by atoms with Crippen LogP contribution in [0.15, 0.2) is 78.9 Å². The van der Waals surface area contributed by atoms with E-state index in [1.54, 1.807) is 18.2 Å². The molecule has 1 atom stereocenters. The fourth-order valence-corrected chi connectivity index (χ4v) is 3.99. The van der Waals surface area contributed by atoms with Gasteiger partial charge in [0.05, 0.1) is 0 Å². The third kappa shape index (κ3) is 8.45. The molecule has 3 aromatic rings. The summed E-state index contributed by atoms with van der Waals surface area (Å²) in [5.74, 6) is -0.196. The van der Waals surface area contributed by atoms with E-state index in [9.17, 15) is 14.0 Å². The normalized spacial score (nSPS) is 12.2. The predicted octanol–water partition coefficient (Wildman–Crippen LogP) is 5.88. The van der Waals surface area contributed by atoms with Crippen molar-refractivity contribution in [1.29, 1.82) is 0 Å². The van der Waals surface area contributed by atoms with Crippen LogP contribution in [0.3, 0.4) is 0 Å². The van der Waals surface area contributed by atoms with Crippen LogP contribution in [0, 0.1) is 5.82 Å². The molecule has 0 saturated carbocycles. The highest BCUT2D eigenvalue weighted by atomic mass is 19.1. The van der Waals surface area contributed by atoms with Crippen LogP contribution in [0.1, 0.15) is 57.2 Å². The summed E-state index contributed by atoms with van der Waals surface area (Å²) in [4.78, 5) is 28.6. The van der Waals surface area contributed by atoms with Gasteiger partial charge >= 0.3 is 0 Å². The smallest absolute Gasteiger partial charge is 0.261 e. The van der Waals surface area contributed by atoms with E-state index in [4.69, 9.17) is 4.74 Å². The molecule has 0 aliphatic heterocycles. The number of carbonyl (C=O) groups is 2. The maximum atomic E-state index is 14.7. The van der Waals surface area contributed by atoms with Crippen molar-refractivity contribution in [2.75, 3.05) is 6.61 Å². The van der Waals surface area contributed by atoms with Gasteiger partial charge in [0.1, 0.15) is 17.6 Å². The number of nitrogens with one attached hydrogen (secondary N) is 1. The number of benzene rings is 3. The Morgan fingerprint density at radius 1 is 0.919 bits per heavy atom. The summed E-state index contributed by atoms with van der Waals surface area (Å²) in [6, 6.07) is 22.5. The monoisotopic (exact) mass is 504 g/mol. The number of carbonyl (C=O) groups excluding carboxylic acids is 2. The van der Waals surface area contributed by atoms with E-state index in [0.29, 0.717) is 17.2 Å². The summed E-state index contributed by atoms with van der Waals surface area (Å²) in [5.41, 5.74) is 1.89. The molecule has 5 nitrogen and oxygen atoms in total. The minimum atomic E-state index is -0.861. The largest absolute Gasteiger partial charge is 0.484 e. The molecule has 2 amide bonds. The zero-order valence-corrected chi connectivity index (χ0v) is 22.3. The summed E-state index contributed by atoms with van der Waals surface area (Å²) in [6.45, 7) is 9.54. The van der Waals surface area contributed by atoms with Crippen LogP contribution in [0.5, 0.6) is 5.75 Å². The number of nitrogens with zero attached hydrogens (tertiary/aromatic N) is 1. The molecule has 0 spiro atoms. The summed E-state index contributed by atoms with van der Waals surface area (Å²) >= 11 is 0. The van der Waals surface area contributed by atoms with Crippen molar-refractivity contribution in [1.82, 2.24) is 10.2 Å². The van der Waals surface area contributed by atoms with Gasteiger partial charge in [-0.3, -0.25) is 9.59 Å². The van der Waals surface area contributed by atoms with Gasteiger partial charge in [0.15, 0.2) is 6.61 Å². The number of amides is 2. The maximum Gasteiger partial charge on any atom is 0.261 e. The van der Waals surface area contributed by atoms with Crippen molar-refractivity contribution in [3.8, 4) is 5.75 Å². The lowest BCUT2D eigenvalue weighted by Gasteiger charge is -2.33. The summed E-state index contributed by atoms with van der Waals surface area (Å²) in [6.07, 6.45) is 0.284. The lowest BCUT2D eigenvalue weighted by Crippen LogP contribution is -2.55. The van der Waals surface area contributed by atoms with E-state index in [-0.39, 0.29) is 25.5 Å². The quantitative estimate of drug-likeness (QED) is 0.375. The first-order valence-corrected chi connectivity index (χ1v) is 12.6. The topological polar surface area (TPSA) is 58.6 Å². The van der Waals surface area contributed by atoms with Gasteiger partial charge in [0.2, 0.25) is 5.91 Å².